The van der Waals surface area contributed by atoms with E-state index in [1.54, 1.807) is 37.3 Å². The number of carbonyl (C=O) groups is 2. The molecule has 1 aromatic rings. The average molecular weight is 218 g/mol. The fourth-order valence-electron chi connectivity index (χ4n) is 1.33. The van der Waals surface area contributed by atoms with Gasteiger partial charge in [-0.05, 0) is 25.0 Å². The maximum atomic E-state index is 11.4. The number of benzene rings is 1. The van der Waals surface area contributed by atoms with Gasteiger partial charge in [0.05, 0.1) is 0 Å². The first-order valence-corrected chi connectivity index (χ1v) is 5.11. The van der Waals surface area contributed by atoms with Crippen molar-refractivity contribution in [3.05, 3.63) is 47.5 Å². The standard InChI is InChI=1S/C13H14O3/c1-2-3-12(14)11-7-4-10(5-8-11)6-9-13(15)16/h2-5,7-8H,6,9H2,1H3,(H,15,16). The topological polar surface area (TPSA) is 54.4 Å². The van der Waals surface area contributed by atoms with Gasteiger partial charge in [0.25, 0.3) is 0 Å². The summed E-state index contributed by atoms with van der Waals surface area (Å²) in [4.78, 5) is 21.8. The van der Waals surface area contributed by atoms with Gasteiger partial charge in [0.2, 0.25) is 0 Å². The summed E-state index contributed by atoms with van der Waals surface area (Å²) in [6, 6.07) is 7.03. The van der Waals surface area contributed by atoms with E-state index in [1.807, 2.05) is 0 Å². The summed E-state index contributed by atoms with van der Waals surface area (Å²) in [6.07, 6.45) is 3.81. The predicted octanol–water partition coefficient (Wildman–Crippen LogP) is 2.46. The zero-order valence-electron chi connectivity index (χ0n) is 9.14. The fraction of sp³-hybridized carbons (Fsp3) is 0.231. The summed E-state index contributed by atoms with van der Waals surface area (Å²) in [5.74, 6) is -0.846. The zero-order chi connectivity index (χ0) is 12.0. The van der Waals surface area contributed by atoms with E-state index in [4.69, 9.17) is 5.11 Å². The van der Waals surface area contributed by atoms with Crippen LogP contribution in [0.4, 0.5) is 0 Å². The van der Waals surface area contributed by atoms with Crippen LogP contribution in [-0.4, -0.2) is 16.9 Å². The number of allylic oxidation sites excluding steroid dienone is 2. The van der Waals surface area contributed by atoms with Crippen molar-refractivity contribution >= 4 is 11.8 Å². The monoisotopic (exact) mass is 218 g/mol. The minimum absolute atomic E-state index is 0.0349. The highest BCUT2D eigenvalue weighted by atomic mass is 16.4. The zero-order valence-corrected chi connectivity index (χ0v) is 9.14. The molecule has 0 amide bonds. The number of aliphatic carboxylic acids is 1. The van der Waals surface area contributed by atoms with Gasteiger partial charge in [-0.2, -0.15) is 0 Å². The summed E-state index contributed by atoms with van der Waals surface area (Å²) >= 11 is 0. The van der Waals surface area contributed by atoms with Crippen LogP contribution in [-0.2, 0) is 11.2 Å². The Morgan fingerprint density at radius 3 is 2.38 bits per heavy atom. The molecule has 0 fully saturated rings. The van der Waals surface area contributed by atoms with Crippen LogP contribution in [0.15, 0.2) is 36.4 Å². The van der Waals surface area contributed by atoms with E-state index in [0.29, 0.717) is 12.0 Å². The van der Waals surface area contributed by atoms with Gasteiger partial charge < -0.3 is 5.11 Å². The molecule has 16 heavy (non-hydrogen) atoms. The van der Waals surface area contributed by atoms with Crippen LogP contribution in [0.3, 0.4) is 0 Å². The number of carbonyl (C=O) groups excluding carboxylic acids is 1. The molecule has 0 saturated heterocycles. The van der Waals surface area contributed by atoms with Crippen LogP contribution in [0.1, 0.15) is 29.3 Å². The Morgan fingerprint density at radius 1 is 1.25 bits per heavy atom. The molecule has 0 radical (unpaired) electrons. The molecule has 3 nitrogen and oxygen atoms in total. The highest BCUT2D eigenvalue weighted by Gasteiger charge is 2.02. The second kappa shape index (κ2) is 5.85. The average Bonchev–Trinajstić information content (AvgIpc) is 2.27. The van der Waals surface area contributed by atoms with Crippen LogP contribution in [0, 0.1) is 0 Å². The molecule has 0 aliphatic carbocycles. The largest absolute Gasteiger partial charge is 0.481 e. The third kappa shape index (κ3) is 3.69. The van der Waals surface area contributed by atoms with Gasteiger partial charge in [0, 0.05) is 12.0 Å². The van der Waals surface area contributed by atoms with Crippen LogP contribution in [0.2, 0.25) is 0 Å². The Morgan fingerprint density at radius 2 is 1.88 bits per heavy atom. The van der Waals surface area contributed by atoms with Crippen molar-refractivity contribution in [1.82, 2.24) is 0 Å². The lowest BCUT2D eigenvalue weighted by molar-refractivity contribution is -0.136. The highest BCUT2D eigenvalue weighted by Crippen LogP contribution is 2.08. The molecular formula is C13H14O3. The molecule has 0 bridgehead atoms. The van der Waals surface area contributed by atoms with Gasteiger partial charge in [-0.25, -0.2) is 0 Å². The minimum Gasteiger partial charge on any atom is -0.481 e. The lowest BCUT2D eigenvalue weighted by atomic mass is 10.0. The van der Waals surface area contributed by atoms with E-state index in [0.717, 1.165) is 5.56 Å². The van der Waals surface area contributed by atoms with Crippen LogP contribution < -0.4 is 0 Å². The lowest BCUT2D eigenvalue weighted by Crippen LogP contribution is -1.98. The Bertz CT molecular complexity index is 402. The van der Waals surface area contributed by atoms with Crippen LogP contribution in [0.5, 0.6) is 0 Å². The van der Waals surface area contributed by atoms with E-state index < -0.39 is 5.97 Å². The van der Waals surface area contributed by atoms with Crippen molar-refractivity contribution < 1.29 is 14.7 Å². The highest BCUT2D eigenvalue weighted by molar-refractivity contribution is 6.04. The van der Waals surface area contributed by atoms with Crippen molar-refractivity contribution in [2.45, 2.75) is 19.8 Å². The molecule has 84 valence electrons. The third-order valence-corrected chi connectivity index (χ3v) is 2.18. The molecular weight excluding hydrogens is 204 g/mol. The molecule has 1 N–H and O–H groups in total. The Kier molecular flexibility index (Phi) is 4.45. The van der Waals surface area contributed by atoms with Gasteiger partial charge in [-0.1, -0.05) is 30.3 Å². The number of aryl methyl sites for hydroxylation is 1. The first-order chi connectivity index (χ1) is 7.63. The van der Waals surface area contributed by atoms with Crippen LogP contribution >= 0.6 is 0 Å². The summed E-state index contributed by atoms with van der Waals surface area (Å²) in [6.45, 7) is 1.79. The van der Waals surface area contributed by atoms with Crippen molar-refractivity contribution in [2.75, 3.05) is 0 Å². The molecule has 3 heteroatoms. The van der Waals surface area contributed by atoms with E-state index in [-0.39, 0.29) is 12.2 Å². The maximum absolute atomic E-state index is 11.4. The number of carboxylic acid groups (broad SMARTS) is 1. The number of rotatable bonds is 5. The van der Waals surface area contributed by atoms with Crippen molar-refractivity contribution in [2.24, 2.45) is 0 Å². The molecule has 0 aliphatic heterocycles. The molecule has 0 unspecified atom stereocenters. The van der Waals surface area contributed by atoms with Crippen LogP contribution in [0.25, 0.3) is 0 Å². The summed E-state index contributed by atoms with van der Waals surface area (Å²) in [5, 5.41) is 8.52. The summed E-state index contributed by atoms with van der Waals surface area (Å²) in [5.41, 5.74) is 1.55. The van der Waals surface area contributed by atoms with E-state index in [2.05, 4.69) is 0 Å². The Hall–Kier alpha value is -1.90. The normalized spacial score (nSPS) is 10.6. The first kappa shape index (κ1) is 12.2. The molecule has 1 rings (SSSR count). The summed E-state index contributed by atoms with van der Waals surface area (Å²) < 4.78 is 0. The SMILES string of the molecule is CC=CC(=O)c1ccc(CCC(=O)O)cc1. The Balaban J connectivity index is 2.67. The minimum atomic E-state index is -0.811. The lowest BCUT2D eigenvalue weighted by Gasteiger charge is -2.00. The number of hydrogen-bond acceptors (Lipinski definition) is 2. The fourth-order valence-corrected chi connectivity index (χ4v) is 1.33. The molecule has 0 aromatic heterocycles. The second-order valence-corrected chi connectivity index (χ2v) is 3.45. The number of hydrogen-bond donors (Lipinski definition) is 1. The molecule has 0 atom stereocenters. The molecule has 1 aromatic carbocycles. The molecule has 0 saturated carbocycles. The van der Waals surface area contributed by atoms with E-state index in [9.17, 15) is 9.59 Å². The van der Waals surface area contributed by atoms with Crippen molar-refractivity contribution in [3.8, 4) is 0 Å². The molecule has 0 aliphatic rings. The number of ketones is 1. The molecule has 0 spiro atoms. The van der Waals surface area contributed by atoms with Gasteiger partial charge in [0.15, 0.2) is 5.78 Å². The second-order valence-electron chi connectivity index (χ2n) is 3.45. The van der Waals surface area contributed by atoms with Crippen molar-refractivity contribution in [3.63, 3.8) is 0 Å². The first-order valence-electron chi connectivity index (χ1n) is 5.11. The third-order valence-electron chi connectivity index (χ3n) is 2.18. The van der Waals surface area contributed by atoms with Gasteiger partial charge in [0.1, 0.15) is 0 Å². The van der Waals surface area contributed by atoms with Gasteiger partial charge >= 0.3 is 5.97 Å². The number of carboxylic acids is 1. The molecule has 0 heterocycles. The maximum Gasteiger partial charge on any atom is 0.303 e. The predicted molar refractivity (Wildman–Crippen MR) is 61.5 cm³/mol. The summed E-state index contributed by atoms with van der Waals surface area (Å²) in [7, 11) is 0. The van der Waals surface area contributed by atoms with E-state index in [1.165, 1.54) is 6.08 Å². The Labute approximate surface area is 94.4 Å². The van der Waals surface area contributed by atoms with Gasteiger partial charge in [-0.15, -0.1) is 0 Å². The quantitative estimate of drug-likeness (QED) is 0.610. The van der Waals surface area contributed by atoms with Gasteiger partial charge in [-0.3, -0.25) is 9.59 Å². The van der Waals surface area contributed by atoms with E-state index >= 15 is 0 Å². The van der Waals surface area contributed by atoms with Crippen molar-refractivity contribution in [1.29, 1.82) is 0 Å². The smallest absolute Gasteiger partial charge is 0.303 e.